The Labute approximate surface area is 210 Å². The van der Waals surface area contributed by atoms with Gasteiger partial charge in [-0.05, 0) is 78.5 Å². The highest BCUT2D eigenvalue weighted by molar-refractivity contribution is 7.09. The van der Waals surface area contributed by atoms with Crippen molar-refractivity contribution in [2.45, 2.75) is 65.1 Å². The van der Waals surface area contributed by atoms with Crippen LogP contribution >= 0.6 is 11.3 Å². The average Bonchev–Trinajstić information content (AvgIpc) is 3.33. The third-order valence-electron chi connectivity index (χ3n) is 8.36. The van der Waals surface area contributed by atoms with Gasteiger partial charge in [-0.25, -0.2) is 9.18 Å². The van der Waals surface area contributed by atoms with Gasteiger partial charge in [-0.3, -0.25) is 4.79 Å². The quantitative estimate of drug-likeness (QED) is 0.441. The topological polar surface area (TPSA) is 90.5 Å². The van der Waals surface area contributed by atoms with Crippen molar-refractivity contribution in [2.24, 2.45) is 29.1 Å². The zero-order chi connectivity index (χ0) is 25.2. The summed E-state index contributed by atoms with van der Waals surface area (Å²) in [4.78, 5) is 26.6. The smallest absolute Gasteiger partial charge is 0.319 e. The number of halogens is 1. The summed E-state index contributed by atoms with van der Waals surface area (Å²) in [5.41, 5.74) is 0.371. The minimum Gasteiger partial charge on any atom is -0.392 e. The molecule has 7 atom stereocenters. The second-order valence-electron chi connectivity index (χ2n) is 10.6. The monoisotopic (exact) mass is 501 g/mol. The van der Waals surface area contributed by atoms with Crippen LogP contribution in [0.3, 0.4) is 0 Å². The molecule has 190 valence electrons. The van der Waals surface area contributed by atoms with Crippen molar-refractivity contribution in [1.82, 2.24) is 10.6 Å². The highest BCUT2D eigenvalue weighted by Crippen LogP contribution is 2.55. The highest BCUT2D eigenvalue weighted by Gasteiger charge is 2.53. The molecule has 0 aliphatic heterocycles. The van der Waals surface area contributed by atoms with Gasteiger partial charge < -0.3 is 21.1 Å². The van der Waals surface area contributed by atoms with Gasteiger partial charge in [0, 0.05) is 22.5 Å². The van der Waals surface area contributed by atoms with Gasteiger partial charge in [-0.15, -0.1) is 11.3 Å². The highest BCUT2D eigenvalue weighted by atomic mass is 32.1. The first-order valence-corrected chi connectivity index (χ1v) is 13.4. The lowest BCUT2D eigenvalue weighted by molar-refractivity contribution is -0.142. The Bertz CT molecular complexity index is 1030. The lowest BCUT2D eigenvalue weighted by Crippen LogP contribution is -2.58. The van der Waals surface area contributed by atoms with Crippen LogP contribution in [-0.4, -0.2) is 29.2 Å². The van der Waals surface area contributed by atoms with Crippen LogP contribution in [0.5, 0.6) is 0 Å². The first kappa shape index (κ1) is 25.6. The number of amides is 3. The average molecular weight is 502 g/mol. The Morgan fingerprint density at radius 1 is 1.23 bits per heavy atom. The van der Waals surface area contributed by atoms with Gasteiger partial charge in [0.2, 0.25) is 5.91 Å². The Balaban J connectivity index is 1.39. The van der Waals surface area contributed by atoms with E-state index in [4.69, 9.17) is 0 Å². The molecule has 8 heteroatoms. The van der Waals surface area contributed by atoms with E-state index < -0.39 is 11.9 Å². The second kappa shape index (κ2) is 10.7. The van der Waals surface area contributed by atoms with Crippen LogP contribution in [0.1, 0.15) is 51.3 Å². The van der Waals surface area contributed by atoms with E-state index in [2.05, 4.69) is 29.8 Å². The molecule has 0 saturated heterocycles. The minimum atomic E-state index is -0.623. The van der Waals surface area contributed by atoms with Crippen LogP contribution in [0.4, 0.5) is 14.9 Å². The first-order chi connectivity index (χ1) is 16.7. The predicted octanol–water partition coefficient (Wildman–Crippen LogP) is 5.15. The molecule has 2 fully saturated rings. The molecule has 0 radical (unpaired) electrons. The van der Waals surface area contributed by atoms with Crippen molar-refractivity contribution >= 4 is 29.0 Å². The molecule has 4 rings (SSSR count). The number of rotatable bonds is 6. The van der Waals surface area contributed by atoms with Gasteiger partial charge in [0.25, 0.3) is 0 Å². The molecular weight excluding hydrogens is 465 g/mol. The van der Waals surface area contributed by atoms with Crippen LogP contribution < -0.4 is 16.0 Å². The van der Waals surface area contributed by atoms with E-state index >= 15 is 0 Å². The molecule has 3 amide bonds. The summed E-state index contributed by atoms with van der Waals surface area (Å²) < 4.78 is 13.5. The number of fused-ring (bicyclic) bond motifs is 1. The van der Waals surface area contributed by atoms with E-state index in [1.165, 1.54) is 12.1 Å². The van der Waals surface area contributed by atoms with Crippen molar-refractivity contribution < 1.29 is 19.1 Å². The lowest BCUT2D eigenvalue weighted by Gasteiger charge is -2.56. The normalized spacial score (nSPS) is 31.2. The van der Waals surface area contributed by atoms with Gasteiger partial charge >= 0.3 is 6.03 Å². The number of aliphatic hydroxyl groups excluding tert-OH is 1. The Morgan fingerprint density at radius 3 is 2.71 bits per heavy atom. The predicted molar refractivity (Wildman–Crippen MR) is 136 cm³/mol. The largest absolute Gasteiger partial charge is 0.392 e. The number of carbonyl (C=O) groups is 2. The van der Waals surface area contributed by atoms with Crippen LogP contribution in [0.15, 0.2) is 41.8 Å². The lowest BCUT2D eigenvalue weighted by atomic mass is 9.52. The third kappa shape index (κ3) is 5.70. The van der Waals surface area contributed by atoms with E-state index in [1.54, 1.807) is 23.5 Å². The number of hydrogen-bond acceptors (Lipinski definition) is 4. The molecule has 1 aromatic heterocycles. The molecule has 4 N–H and O–H groups in total. The molecule has 35 heavy (non-hydrogen) atoms. The van der Waals surface area contributed by atoms with Crippen LogP contribution in [0, 0.1) is 34.9 Å². The molecule has 2 aliphatic carbocycles. The molecule has 0 spiro atoms. The van der Waals surface area contributed by atoms with Crippen molar-refractivity contribution in [3.8, 4) is 0 Å². The molecule has 2 aliphatic rings. The van der Waals surface area contributed by atoms with E-state index in [0.717, 1.165) is 30.6 Å². The number of hydrogen-bond donors (Lipinski definition) is 4. The fourth-order valence-electron chi connectivity index (χ4n) is 6.34. The summed E-state index contributed by atoms with van der Waals surface area (Å²) in [5.74, 6) is -0.855. The molecule has 7 unspecified atom stereocenters. The Morgan fingerprint density at radius 2 is 2.00 bits per heavy atom. The minimum absolute atomic E-state index is 0.0259. The molecule has 2 saturated carbocycles. The number of aliphatic hydroxyl groups is 1. The van der Waals surface area contributed by atoms with Gasteiger partial charge in [-0.1, -0.05) is 32.9 Å². The van der Waals surface area contributed by atoms with Crippen molar-refractivity contribution in [3.63, 3.8) is 0 Å². The number of thiophene rings is 1. The fourth-order valence-corrected chi connectivity index (χ4v) is 6.99. The van der Waals surface area contributed by atoms with Gasteiger partial charge in [0.1, 0.15) is 5.82 Å². The summed E-state index contributed by atoms with van der Waals surface area (Å²) in [6.07, 6.45) is 2.86. The fraction of sp³-hybridized carbons (Fsp3) is 0.556. The first-order valence-electron chi connectivity index (χ1n) is 12.5. The van der Waals surface area contributed by atoms with Gasteiger partial charge in [-0.2, -0.15) is 0 Å². The summed E-state index contributed by atoms with van der Waals surface area (Å²) in [6.45, 7) is 6.74. The maximum atomic E-state index is 13.5. The van der Waals surface area contributed by atoms with E-state index in [0.29, 0.717) is 12.2 Å². The van der Waals surface area contributed by atoms with E-state index in [1.807, 2.05) is 24.4 Å². The Kier molecular flexibility index (Phi) is 7.81. The zero-order valence-corrected chi connectivity index (χ0v) is 21.4. The summed E-state index contributed by atoms with van der Waals surface area (Å²) in [5, 5.41) is 22.3. The molecule has 0 bridgehead atoms. The molecular formula is C27H36FN3O3S. The van der Waals surface area contributed by atoms with Gasteiger partial charge in [0.15, 0.2) is 0 Å². The standard InChI is InChI=1S/C27H36FN3O3S/c1-16(25(33)29-15-20-8-5-13-35-20)21-9-11-27(3)12-10-22(17(2)23(27)24(21)32)31-26(34)30-19-7-4-6-18(28)14-19/h4-8,13-14,16-17,21-24,32H,9-12,15H2,1-3H3,(H,29,33)(H2,30,31,34). The molecule has 1 aromatic carbocycles. The van der Waals surface area contributed by atoms with Crippen molar-refractivity contribution in [1.29, 1.82) is 0 Å². The van der Waals surface area contributed by atoms with Crippen molar-refractivity contribution in [2.75, 3.05) is 5.32 Å². The second-order valence-corrected chi connectivity index (χ2v) is 11.6. The van der Waals surface area contributed by atoms with E-state index in [9.17, 15) is 19.1 Å². The number of carbonyl (C=O) groups excluding carboxylic acids is 2. The van der Waals surface area contributed by atoms with Gasteiger partial charge in [0.05, 0.1) is 12.6 Å². The molecule has 6 nitrogen and oxygen atoms in total. The third-order valence-corrected chi connectivity index (χ3v) is 9.24. The summed E-state index contributed by atoms with van der Waals surface area (Å²) in [7, 11) is 0. The van der Waals surface area contributed by atoms with Crippen LogP contribution in [0.2, 0.25) is 0 Å². The number of benzene rings is 1. The van der Waals surface area contributed by atoms with Crippen LogP contribution in [0.25, 0.3) is 0 Å². The molecule has 2 aromatic rings. The number of urea groups is 1. The van der Waals surface area contributed by atoms with Crippen LogP contribution in [-0.2, 0) is 11.3 Å². The number of anilines is 1. The number of nitrogens with one attached hydrogen (secondary N) is 3. The SMILES string of the molecule is CC(C(=O)NCc1cccs1)C1CCC2(C)CCC(NC(=O)Nc3cccc(F)c3)C(C)C2C1O. The Hall–Kier alpha value is -2.45. The summed E-state index contributed by atoms with van der Waals surface area (Å²) in [6, 6.07) is 9.28. The maximum absolute atomic E-state index is 13.5. The zero-order valence-electron chi connectivity index (χ0n) is 20.6. The molecule has 1 heterocycles. The maximum Gasteiger partial charge on any atom is 0.319 e. The van der Waals surface area contributed by atoms with Crippen molar-refractivity contribution in [3.05, 3.63) is 52.5 Å². The van der Waals surface area contributed by atoms with E-state index in [-0.39, 0.29) is 47.1 Å². The summed E-state index contributed by atoms with van der Waals surface area (Å²) >= 11 is 1.61.